The molecule has 0 unspecified atom stereocenters. The second kappa shape index (κ2) is 5.70. The molecule has 7 heteroatoms. The van der Waals surface area contributed by atoms with Gasteiger partial charge in [0, 0.05) is 16.4 Å². The van der Waals surface area contributed by atoms with E-state index in [1.165, 1.54) is 6.20 Å². The lowest BCUT2D eigenvalue weighted by atomic mass is 10.2. The van der Waals surface area contributed by atoms with Crippen LogP contribution in [-0.2, 0) is 12.8 Å². The maximum absolute atomic E-state index is 12.8. The van der Waals surface area contributed by atoms with E-state index in [4.69, 9.17) is 10.5 Å². The van der Waals surface area contributed by atoms with Gasteiger partial charge in [-0.05, 0) is 39.7 Å². The first kappa shape index (κ1) is 14.6. The number of nitrogens with two attached hydrogens (primary N) is 1. The van der Waals surface area contributed by atoms with Gasteiger partial charge in [0.05, 0.1) is 0 Å². The van der Waals surface area contributed by atoms with Gasteiger partial charge in [0.15, 0.2) is 0 Å². The number of hydrogen-bond donors (Lipinski definition) is 1. The van der Waals surface area contributed by atoms with Crippen LogP contribution in [-0.4, -0.2) is 4.98 Å². The number of nitrogen functional groups attached to an aromatic ring is 1. The average Bonchev–Trinajstić information content (AvgIpc) is 2.38. The first-order chi connectivity index (χ1) is 9.36. The van der Waals surface area contributed by atoms with Crippen molar-refractivity contribution in [1.29, 1.82) is 0 Å². The van der Waals surface area contributed by atoms with Crippen LogP contribution in [0.3, 0.4) is 0 Å². The van der Waals surface area contributed by atoms with Crippen molar-refractivity contribution < 1.29 is 17.9 Å². The van der Waals surface area contributed by atoms with E-state index < -0.39 is 17.6 Å². The van der Waals surface area contributed by atoms with Gasteiger partial charge in [-0.3, -0.25) is 0 Å². The topological polar surface area (TPSA) is 48.1 Å². The van der Waals surface area contributed by atoms with Crippen molar-refractivity contribution in [2.45, 2.75) is 12.8 Å². The van der Waals surface area contributed by atoms with E-state index in [0.717, 1.165) is 6.07 Å². The normalized spacial score (nSPS) is 11.4. The highest BCUT2D eigenvalue weighted by atomic mass is 79.9. The molecule has 2 aromatic rings. The van der Waals surface area contributed by atoms with Gasteiger partial charge in [-0.1, -0.05) is 12.1 Å². The number of hydrogen-bond acceptors (Lipinski definition) is 3. The fourth-order valence-corrected chi connectivity index (χ4v) is 1.84. The number of rotatable bonds is 3. The molecule has 2 rings (SSSR count). The Bertz CT molecular complexity index is 600. The summed E-state index contributed by atoms with van der Waals surface area (Å²) in [7, 11) is 0. The Morgan fingerprint density at radius 1 is 1.20 bits per heavy atom. The molecule has 20 heavy (non-hydrogen) atoms. The molecule has 106 valence electrons. The first-order valence-corrected chi connectivity index (χ1v) is 6.35. The third-order valence-corrected chi connectivity index (χ3v) is 2.91. The van der Waals surface area contributed by atoms with Crippen LogP contribution in [0.2, 0.25) is 0 Å². The molecule has 2 N–H and O–H groups in total. The second-order valence-electron chi connectivity index (χ2n) is 4.03. The van der Waals surface area contributed by atoms with Crippen molar-refractivity contribution in [2.75, 3.05) is 5.73 Å². The molecule has 0 atom stereocenters. The number of benzene rings is 1. The van der Waals surface area contributed by atoms with Crippen molar-refractivity contribution >= 4 is 21.6 Å². The number of ether oxygens (including phenoxy) is 1. The maximum atomic E-state index is 12.8. The zero-order valence-electron chi connectivity index (χ0n) is 10.1. The molecular weight excluding hydrogens is 337 g/mol. The lowest BCUT2D eigenvalue weighted by Gasteiger charge is -2.13. The lowest BCUT2D eigenvalue weighted by Crippen LogP contribution is -2.10. The summed E-state index contributed by atoms with van der Waals surface area (Å²) in [6.07, 6.45) is -3.26. The highest BCUT2D eigenvalue weighted by molar-refractivity contribution is 9.10. The molecule has 0 bridgehead atoms. The average molecular weight is 347 g/mol. The van der Waals surface area contributed by atoms with Crippen molar-refractivity contribution in [3.05, 3.63) is 52.1 Å². The summed E-state index contributed by atoms with van der Waals surface area (Å²) in [5.41, 5.74) is 5.89. The minimum Gasteiger partial charge on any atom is -0.472 e. The van der Waals surface area contributed by atoms with Crippen molar-refractivity contribution in [3.63, 3.8) is 0 Å². The third kappa shape index (κ3) is 3.63. The summed E-state index contributed by atoms with van der Waals surface area (Å²) in [5, 5.41) is 0. The van der Waals surface area contributed by atoms with Crippen LogP contribution in [0.25, 0.3) is 0 Å². The quantitative estimate of drug-likeness (QED) is 0.853. The minimum atomic E-state index is -4.52. The van der Waals surface area contributed by atoms with Gasteiger partial charge in [-0.2, -0.15) is 13.2 Å². The van der Waals surface area contributed by atoms with Gasteiger partial charge in [-0.15, -0.1) is 0 Å². The van der Waals surface area contributed by atoms with E-state index in [9.17, 15) is 13.2 Å². The number of alkyl halides is 3. The molecule has 0 aliphatic rings. The van der Waals surface area contributed by atoms with Crippen LogP contribution in [0.1, 0.15) is 11.1 Å². The third-order valence-electron chi connectivity index (χ3n) is 2.48. The maximum Gasteiger partial charge on any atom is 0.421 e. The van der Waals surface area contributed by atoms with Crippen molar-refractivity contribution in [1.82, 2.24) is 4.98 Å². The number of nitrogens with zero attached hydrogens (tertiary/aromatic N) is 1. The fraction of sp³-hybridized carbons (Fsp3) is 0.154. The van der Waals surface area contributed by atoms with E-state index in [1.807, 2.05) is 0 Å². The highest BCUT2D eigenvalue weighted by Crippen LogP contribution is 2.36. The number of anilines is 1. The first-order valence-electron chi connectivity index (χ1n) is 5.56. The molecule has 0 aliphatic carbocycles. The van der Waals surface area contributed by atoms with E-state index in [1.54, 1.807) is 24.3 Å². The predicted octanol–water partition coefficient (Wildman–Crippen LogP) is 4.02. The summed E-state index contributed by atoms with van der Waals surface area (Å²) in [6.45, 7) is -0.0159. The van der Waals surface area contributed by atoms with Gasteiger partial charge < -0.3 is 10.5 Å². The van der Waals surface area contributed by atoms with E-state index >= 15 is 0 Å². The van der Waals surface area contributed by atoms with E-state index in [-0.39, 0.29) is 11.1 Å². The van der Waals surface area contributed by atoms with Gasteiger partial charge in [0.25, 0.3) is 0 Å². The highest BCUT2D eigenvalue weighted by Gasteiger charge is 2.35. The van der Waals surface area contributed by atoms with Gasteiger partial charge in [0.2, 0.25) is 5.88 Å². The monoisotopic (exact) mass is 346 g/mol. The molecule has 1 heterocycles. The predicted molar refractivity (Wildman–Crippen MR) is 72.1 cm³/mol. The molecule has 0 saturated carbocycles. The van der Waals surface area contributed by atoms with Crippen LogP contribution < -0.4 is 10.5 Å². The summed E-state index contributed by atoms with van der Waals surface area (Å²) >= 11 is 2.96. The molecule has 1 aromatic heterocycles. The van der Waals surface area contributed by atoms with Gasteiger partial charge in [-0.25, -0.2) is 4.98 Å². The standard InChI is InChI=1S/C13H10BrF3N2O/c14-9-5-11(13(15,16)17)12(19-6-9)20-7-8-1-3-10(18)4-2-8/h1-6H,7,18H2. The van der Waals surface area contributed by atoms with Crippen LogP contribution in [0.4, 0.5) is 18.9 Å². The molecule has 0 aliphatic heterocycles. The Balaban J connectivity index is 2.19. The number of halogens is 4. The molecule has 1 aromatic carbocycles. The minimum absolute atomic E-state index is 0.0159. The van der Waals surface area contributed by atoms with Crippen molar-refractivity contribution in [2.24, 2.45) is 0 Å². The van der Waals surface area contributed by atoms with Crippen LogP contribution in [0, 0.1) is 0 Å². The number of pyridine rings is 1. The van der Waals surface area contributed by atoms with Crippen molar-refractivity contribution in [3.8, 4) is 5.88 Å². The fourth-order valence-electron chi connectivity index (χ4n) is 1.51. The van der Waals surface area contributed by atoms with E-state index in [2.05, 4.69) is 20.9 Å². The Morgan fingerprint density at radius 2 is 1.85 bits per heavy atom. The van der Waals surface area contributed by atoms with Gasteiger partial charge >= 0.3 is 6.18 Å². The summed E-state index contributed by atoms with van der Waals surface area (Å²) in [4.78, 5) is 3.66. The Labute approximate surface area is 121 Å². The Kier molecular flexibility index (Phi) is 4.17. The largest absolute Gasteiger partial charge is 0.472 e. The lowest BCUT2D eigenvalue weighted by molar-refractivity contribution is -0.139. The second-order valence-corrected chi connectivity index (χ2v) is 4.95. The molecular formula is C13H10BrF3N2O. The Hall–Kier alpha value is -1.76. The molecule has 0 saturated heterocycles. The summed E-state index contributed by atoms with van der Waals surface area (Å²) in [5.74, 6) is -0.447. The Morgan fingerprint density at radius 3 is 2.45 bits per heavy atom. The molecule has 0 radical (unpaired) electrons. The number of aromatic nitrogens is 1. The molecule has 0 amide bonds. The van der Waals surface area contributed by atoms with Crippen LogP contribution in [0.5, 0.6) is 5.88 Å². The zero-order valence-corrected chi connectivity index (χ0v) is 11.7. The molecule has 0 fully saturated rings. The van der Waals surface area contributed by atoms with Gasteiger partial charge in [0.1, 0.15) is 12.2 Å². The summed E-state index contributed by atoms with van der Waals surface area (Å²) in [6, 6.07) is 7.60. The van der Waals surface area contributed by atoms with Crippen LogP contribution in [0.15, 0.2) is 41.0 Å². The SMILES string of the molecule is Nc1ccc(COc2ncc(Br)cc2C(F)(F)F)cc1. The molecule has 3 nitrogen and oxygen atoms in total. The zero-order chi connectivity index (χ0) is 14.8. The molecule has 0 spiro atoms. The van der Waals surface area contributed by atoms with E-state index in [0.29, 0.717) is 11.3 Å². The van der Waals surface area contributed by atoms with Crippen LogP contribution >= 0.6 is 15.9 Å². The summed E-state index contributed by atoms with van der Waals surface area (Å²) < 4.78 is 43.9. The smallest absolute Gasteiger partial charge is 0.421 e.